The van der Waals surface area contributed by atoms with Gasteiger partial charge in [0.05, 0.1) is 25.4 Å². The number of carbonyl (C=O) groups excluding carboxylic acids is 1. The molecule has 1 aromatic carbocycles. The van der Waals surface area contributed by atoms with E-state index in [0.29, 0.717) is 28.4 Å². The van der Waals surface area contributed by atoms with Crippen LogP contribution in [0.1, 0.15) is 41.1 Å². The number of benzene rings is 1. The van der Waals surface area contributed by atoms with E-state index in [9.17, 15) is 14.7 Å². The fourth-order valence-corrected chi connectivity index (χ4v) is 5.31. The Morgan fingerprint density at radius 3 is 2.94 bits per heavy atom. The van der Waals surface area contributed by atoms with Gasteiger partial charge in [0.25, 0.3) is 5.56 Å². The minimum absolute atomic E-state index is 0.0283. The second-order valence-corrected chi connectivity index (χ2v) is 9.20. The molecule has 2 heterocycles. The first-order chi connectivity index (χ1) is 14.9. The van der Waals surface area contributed by atoms with E-state index >= 15 is 0 Å². The van der Waals surface area contributed by atoms with Crippen LogP contribution in [0.15, 0.2) is 29.3 Å². The van der Waals surface area contributed by atoms with E-state index in [2.05, 4.69) is 11.9 Å². The maximum Gasteiger partial charge on any atom is 0.262 e. The van der Waals surface area contributed by atoms with Gasteiger partial charge in [-0.15, -0.1) is 11.3 Å². The van der Waals surface area contributed by atoms with Crippen molar-refractivity contribution in [3.05, 3.63) is 50.9 Å². The molecule has 31 heavy (non-hydrogen) atoms. The van der Waals surface area contributed by atoms with Crippen LogP contribution in [0.5, 0.6) is 11.5 Å². The summed E-state index contributed by atoms with van der Waals surface area (Å²) < 4.78 is 12.4. The molecule has 1 aliphatic rings. The Morgan fingerprint density at radius 2 is 2.19 bits per heavy atom. The third-order valence-corrected chi connectivity index (χ3v) is 6.85. The zero-order valence-electron chi connectivity index (χ0n) is 17.9. The lowest BCUT2D eigenvalue weighted by Gasteiger charge is -2.18. The Balaban J connectivity index is 1.49. The molecule has 0 spiro atoms. The number of aliphatic hydroxyl groups excluding tert-OH is 1. The summed E-state index contributed by atoms with van der Waals surface area (Å²) >= 11 is 1.61. The Kier molecular flexibility index (Phi) is 6.11. The first-order valence-corrected chi connectivity index (χ1v) is 11.2. The lowest BCUT2D eigenvalue weighted by atomic mass is 9.89. The summed E-state index contributed by atoms with van der Waals surface area (Å²) in [5.41, 5.74) is 1.54. The molecule has 164 valence electrons. The zero-order chi connectivity index (χ0) is 22.1. The molecule has 0 bridgehead atoms. The summed E-state index contributed by atoms with van der Waals surface area (Å²) in [4.78, 5) is 31.1. The van der Waals surface area contributed by atoms with E-state index in [1.54, 1.807) is 29.5 Å². The fourth-order valence-electron chi connectivity index (χ4n) is 3.97. The SMILES string of the molecule is COc1cc(C(C)=O)ccc1OC[C@H](O)Cn1cnc2sc3c(c2c1=O)CC[C@@H](C)C3. The normalized spacial score (nSPS) is 16.7. The number of hydrogen-bond acceptors (Lipinski definition) is 7. The van der Waals surface area contributed by atoms with E-state index in [1.807, 2.05) is 0 Å². The summed E-state index contributed by atoms with van der Waals surface area (Å²) in [6.45, 7) is 3.76. The number of thiophene rings is 1. The van der Waals surface area contributed by atoms with Gasteiger partial charge in [-0.3, -0.25) is 14.2 Å². The molecule has 1 aliphatic carbocycles. The lowest BCUT2D eigenvalue weighted by molar-refractivity contribution is 0.0898. The van der Waals surface area contributed by atoms with Crippen LogP contribution in [0.25, 0.3) is 10.2 Å². The van der Waals surface area contributed by atoms with Crippen LogP contribution in [0.4, 0.5) is 0 Å². The summed E-state index contributed by atoms with van der Waals surface area (Å²) in [5.74, 6) is 1.40. The monoisotopic (exact) mass is 442 g/mol. The van der Waals surface area contributed by atoms with Gasteiger partial charge in [0.15, 0.2) is 17.3 Å². The van der Waals surface area contributed by atoms with Crippen molar-refractivity contribution in [2.24, 2.45) is 5.92 Å². The smallest absolute Gasteiger partial charge is 0.262 e. The highest BCUT2D eigenvalue weighted by Gasteiger charge is 2.23. The number of methoxy groups -OCH3 is 1. The minimum Gasteiger partial charge on any atom is -0.493 e. The molecule has 0 amide bonds. The number of fused-ring (bicyclic) bond motifs is 3. The minimum atomic E-state index is -0.913. The highest BCUT2D eigenvalue weighted by Crippen LogP contribution is 2.35. The van der Waals surface area contributed by atoms with Crippen molar-refractivity contribution in [2.45, 2.75) is 45.8 Å². The van der Waals surface area contributed by atoms with Crippen LogP contribution in [-0.2, 0) is 19.4 Å². The summed E-state index contributed by atoms with van der Waals surface area (Å²) in [6, 6.07) is 4.89. The van der Waals surface area contributed by atoms with Crippen molar-refractivity contribution in [1.29, 1.82) is 0 Å². The first kappa shape index (κ1) is 21.5. The highest BCUT2D eigenvalue weighted by atomic mass is 32.1. The van der Waals surface area contributed by atoms with E-state index in [-0.39, 0.29) is 24.5 Å². The number of aromatic nitrogens is 2. The number of aliphatic hydroxyl groups is 1. The molecule has 7 nitrogen and oxygen atoms in total. The molecule has 8 heteroatoms. The number of carbonyl (C=O) groups is 1. The average Bonchev–Trinajstić information content (AvgIpc) is 3.12. The molecule has 4 rings (SSSR count). The second kappa shape index (κ2) is 8.80. The van der Waals surface area contributed by atoms with Crippen molar-refractivity contribution < 1.29 is 19.4 Å². The van der Waals surface area contributed by atoms with Crippen LogP contribution >= 0.6 is 11.3 Å². The van der Waals surface area contributed by atoms with Crippen LogP contribution < -0.4 is 15.0 Å². The van der Waals surface area contributed by atoms with E-state index in [1.165, 1.54) is 29.8 Å². The van der Waals surface area contributed by atoms with Crippen LogP contribution in [0.3, 0.4) is 0 Å². The standard InChI is InChI=1S/C23H26N2O5S/c1-13-4-6-17-20(8-13)31-22-21(17)23(28)25(12-24-22)10-16(27)11-30-18-7-5-15(14(2)26)9-19(18)29-3/h5,7,9,12-13,16,27H,4,6,8,10-11H2,1-3H3/t13-,16-/m1/s1. The van der Waals surface area contributed by atoms with Crippen molar-refractivity contribution in [1.82, 2.24) is 9.55 Å². The van der Waals surface area contributed by atoms with Crippen LogP contribution in [-0.4, -0.2) is 40.3 Å². The lowest BCUT2D eigenvalue weighted by Crippen LogP contribution is -2.30. The maximum absolute atomic E-state index is 13.1. The van der Waals surface area contributed by atoms with Gasteiger partial charge in [-0.25, -0.2) is 4.98 Å². The van der Waals surface area contributed by atoms with Gasteiger partial charge in [-0.1, -0.05) is 6.92 Å². The number of rotatable bonds is 7. The molecule has 0 saturated heterocycles. The Hall–Kier alpha value is -2.71. The summed E-state index contributed by atoms with van der Waals surface area (Å²) in [7, 11) is 1.49. The largest absolute Gasteiger partial charge is 0.493 e. The third-order valence-electron chi connectivity index (χ3n) is 5.69. The van der Waals surface area contributed by atoms with Crippen molar-refractivity contribution in [3.8, 4) is 11.5 Å². The molecule has 0 aliphatic heterocycles. The molecule has 3 aromatic rings. The molecule has 0 unspecified atom stereocenters. The number of ketones is 1. The fraction of sp³-hybridized carbons (Fsp3) is 0.435. The molecular formula is C23H26N2O5S. The van der Waals surface area contributed by atoms with E-state index in [0.717, 1.165) is 29.7 Å². The quantitative estimate of drug-likeness (QED) is 0.565. The van der Waals surface area contributed by atoms with Crippen molar-refractivity contribution in [3.63, 3.8) is 0 Å². The van der Waals surface area contributed by atoms with Crippen molar-refractivity contribution >= 4 is 27.3 Å². The summed E-state index contributed by atoms with van der Waals surface area (Å²) in [6.07, 6.45) is 3.56. The van der Waals surface area contributed by atoms with Gasteiger partial charge in [0.1, 0.15) is 17.5 Å². The van der Waals surface area contributed by atoms with Crippen LogP contribution in [0.2, 0.25) is 0 Å². The molecule has 0 fully saturated rings. The summed E-state index contributed by atoms with van der Waals surface area (Å²) in [5, 5.41) is 11.2. The number of aryl methyl sites for hydroxylation is 1. The molecule has 0 radical (unpaired) electrons. The van der Waals surface area contributed by atoms with Gasteiger partial charge in [-0.05, 0) is 55.9 Å². The Morgan fingerprint density at radius 1 is 1.39 bits per heavy atom. The predicted octanol–water partition coefficient (Wildman–Crippen LogP) is 3.23. The van der Waals surface area contributed by atoms with Gasteiger partial charge in [-0.2, -0.15) is 0 Å². The number of hydrogen-bond donors (Lipinski definition) is 1. The average molecular weight is 443 g/mol. The van der Waals surface area contributed by atoms with Crippen LogP contribution in [0, 0.1) is 5.92 Å². The zero-order valence-corrected chi connectivity index (χ0v) is 18.7. The van der Waals surface area contributed by atoms with Gasteiger partial charge >= 0.3 is 0 Å². The number of ether oxygens (including phenoxy) is 2. The molecule has 0 saturated carbocycles. The molecular weight excluding hydrogens is 416 g/mol. The maximum atomic E-state index is 13.1. The third kappa shape index (κ3) is 4.36. The molecule has 1 N–H and O–H groups in total. The number of nitrogens with zero attached hydrogens (tertiary/aromatic N) is 2. The predicted molar refractivity (Wildman–Crippen MR) is 120 cm³/mol. The van der Waals surface area contributed by atoms with Gasteiger partial charge in [0.2, 0.25) is 0 Å². The molecule has 2 atom stereocenters. The highest BCUT2D eigenvalue weighted by molar-refractivity contribution is 7.18. The first-order valence-electron chi connectivity index (χ1n) is 10.4. The van der Waals surface area contributed by atoms with Crippen molar-refractivity contribution in [2.75, 3.05) is 13.7 Å². The van der Waals surface area contributed by atoms with E-state index < -0.39 is 6.10 Å². The van der Waals surface area contributed by atoms with Gasteiger partial charge < -0.3 is 14.6 Å². The Bertz CT molecular complexity index is 1180. The van der Waals surface area contributed by atoms with E-state index in [4.69, 9.17) is 9.47 Å². The molecule has 2 aromatic heterocycles. The van der Waals surface area contributed by atoms with Gasteiger partial charge in [0, 0.05) is 10.4 Å². The topological polar surface area (TPSA) is 90.7 Å². The Labute approximate surface area is 184 Å². The number of Topliss-reactive ketones (excluding diaryl/α,β-unsaturated/α-hetero) is 1. The second-order valence-electron chi connectivity index (χ2n) is 8.12.